The van der Waals surface area contributed by atoms with Crippen LogP contribution in [0, 0.1) is 5.92 Å². The van der Waals surface area contributed by atoms with Crippen molar-refractivity contribution >= 4 is 70.3 Å². The predicted molar refractivity (Wildman–Crippen MR) is 198 cm³/mol. The summed E-state index contributed by atoms with van der Waals surface area (Å²) in [4.78, 5) is 2.60. The summed E-state index contributed by atoms with van der Waals surface area (Å²) in [5.41, 5.74) is 11.4. The second-order valence-corrected chi connectivity index (χ2v) is 13.6. The highest BCUT2D eigenvalue weighted by Crippen LogP contribution is 2.52. The Morgan fingerprint density at radius 3 is 2.00 bits per heavy atom. The van der Waals surface area contributed by atoms with Crippen molar-refractivity contribution in [2.75, 3.05) is 4.90 Å². The minimum atomic E-state index is 0.251. The topological polar surface area (TPSA) is 8.17 Å². The normalized spacial score (nSPS) is 17.2. The van der Waals surface area contributed by atoms with E-state index in [1.807, 2.05) is 11.3 Å². The van der Waals surface area contributed by atoms with Gasteiger partial charge in [0.1, 0.15) is 0 Å². The molecule has 2 atom stereocenters. The minimum absolute atomic E-state index is 0.251. The predicted octanol–water partition coefficient (Wildman–Crippen LogP) is 11.9. The van der Waals surface area contributed by atoms with Gasteiger partial charge in [0.2, 0.25) is 0 Å². The van der Waals surface area contributed by atoms with Crippen molar-refractivity contribution in [3.8, 4) is 16.8 Å². The molecule has 1 aliphatic carbocycles. The maximum atomic E-state index is 2.60. The smallest absolute Gasteiger partial charge is 0.0658 e. The largest absolute Gasteiger partial charge is 0.332 e. The van der Waals surface area contributed by atoms with Gasteiger partial charge >= 0.3 is 0 Å². The molecular weight excluding hydrogens is 577 g/mol. The van der Waals surface area contributed by atoms with E-state index in [-0.39, 0.29) is 6.04 Å². The number of anilines is 2. The molecule has 2 aromatic heterocycles. The van der Waals surface area contributed by atoms with Crippen molar-refractivity contribution in [2.45, 2.75) is 13.0 Å². The number of benzene rings is 6. The summed E-state index contributed by atoms with van der Waals surface area (Å²) in [7, 11) is 0. The summed E-state index contributed by atoms with van der Waals surface area (Å²) in [6.07, 6.45) is 6.89. The van der Waals surface area contributed by atoms with E-state index in [4.69, 9.17) is 0 Å². The number of allylic oxidation sites excluding steroid dienone is 2. The minimum Gasteiger partial charge on any atom is -0.332 e. The molecule has 3 heterocycles. The van der Waals surface area contributed by atoms with E-state index in [0.717, 1.165) is 0 Å². The molecule has 218 valence electrons. The molecule has 2 nitrogen and oxygen atoms in total. The molecular formula is C43H30N2S. The van der Waals surface area contributed by atoms with E-state index >= 15 is 0 Å². The molecule has 3 heteroatoms. The molecule has 2 aliphatic rings. The number of fused-ring (bicyclic) bond motifs is 10. The average molecular weight is 607 g/mol. The average Bonchev–Trinajstić information content (AvgIpc) is 3.76. The van der Waals surface area contributed by atoms with Crippen molar-refractivity contribution in [2.24, 2.45) is 5.92 Å². The third-order valence-electron chi connectivity index (χ3n) is 10.0. The van der Waals surface area contributed by atoms with E-state index in [2.05, 4.69) is 168 Å². The van der Waals surface area contributed by atoms with E-state index in [9.17, 15) is 0 Å². The van der Waals surface area contributed by atoms with Gasteiger partial charge in [-0.3, -0.25) is 0 Å². The first kappa shape index (κ1) is 25.9. The van der Waals surface area contributed by atoms with Crippen LogP contribution in [0.1, 0.15) is 12.5 Å². The van der Waals surface area contributed by atoms with Gasteiger partial charge in [-0.25, -0.2) is 0 Å². The van der Waals surface area contributed by atoms with Crippen molar-refractivity contribution < 1.29 is 0 Å². The number of hydrogen-bond acceptors (Lipinski definition) is 2. The summed E-state index contributed by atoms with van der Waals surface area (Å²) in [5.74, 6) is 0.383. The second-order valence-electron chi connectivity index (χ2n) is 12.5. The van der Waals surface area contributed by atoms with E-state index in [1.165, 1.54) is 81.3 Å². The van der Waals surface area contributed by atoms with Crippen LogP contribution in [-0.2, 0) is 0 Å². The number of aromatic nitrogens is 1. The molecule has 0 amide bonds. The van der Waals surface area contributed by atoms with E-state index in [0.29, 0.717) is 5.92 Å². The van der Waals surface area contributed by atoms with Crippen LogP contribution in [0.4, 0.5) is 11.4 Å². The zero-order valence-electron chi connectivity index (χ0n) is 25.4. The third-order valence-corrected chi connectivity index (χ3v) is 11.2. The fourth-order valence-electron chi connectivity index (χ4n) is 8.13. The van der Waals surface area contributed by atoms with Gasteiger partial charge in [-0.05, 0) is 47.9 Å². The SMILES string of the molecule is CC1C=CC=C2c3ccccc3N(c3ccccc3-c3ccccc3-n3c4ccccc4c4ccc5sc6ccccc6c5c43)C21. The molecule has 6 aromatic carbocycles. The van der Waals surface area contributed by atoms with Crippen LogP contribution >= 0.6 is 11.3 Å². The molecule has 0 N–H and O–H groups in total. The Labute approximate surface area is 271 Å². The van der Waals surface area contributed by atoms with Gasteiger partial charge in [0, 0.05) is 59.0 Å². The molecule has 10 rings (SSSR count). The monoisotopic (exact) mass is 606 g/mol. The molecule has 8 aromatic rings. The molecule has 0 spiro atoms. The summed E-state index contributed by atoms with van der Waals surface area (Å²) in [6, 6.07) is 49.5. The van der Waals surface area contributed by atoms with Gasteiger partial charge < -0.3 is 9.47 Å². The Balaban J connectivity index is 1.28. The fraction of sp³-hybridized carbons (Fsp3) is 0.0698. The van der Waals surface area contributed by atoms with Gasteiger partial charge in [-0.1, -0.05) is 122 Å². The van der Waals surface area contributed by atoms with Crippen molar-refractivity contribution in [1.29, 1.82) is 0 Å². The van der Waals surface area contributed by atoms with Crippen molar-refractivity contribution in [3.05, 3.63) is 157 Å². The van der Waals surface area contributed by atoms with Crippen LogP contribution in [0.2, 0.25) is 0 Å². The lowest BCUT2D eigenvalue weighted by atomic mass is 9.88. The number of para-hydroxylation sites is 4. The highest BCUT2D eigenvalue weighted by atomic mass is 32.1. The lowest BCUT2D eigenvalue weighted by Gasteiger charge is -2.34. The van der Waals surface area contributed by atoms with Gasteiger partial charge in [-0.15, -0.1) is 11.3 Å². The lowest BCUT2D eigenvalue weighted by molar-refractivity contribution is 0.637. The number of thiophene rings is 1. The Morgan fingerprint density at radius 2 is 1.17 bits per heavy atom. The Hall–Kier alpha value is -5.38. The van der Waals surface area contributed by atoms with Crippen molar-refractivity contribution in [3.63, 3.8) is 0 Å². The van der Waals surface area contributed by atoms with Gasteiger partial charge in [0.25, 0.3) is 0 Å². The number of nitrogens with zero attached hydrogens (tertiary/aromatic N) is 2. The molecule has 0 bridgehead atoms. The summed E-state index contributed by atoms with van der Waals surface area (Å²) >= 11 is 1.88. The Morgan fingerprint density at radius 1 is 0.543 bits per heavy atom. The molecule has 0 fully saturated rings. The quantitative estimate of drug-likeness (QED) is 0.194. The molecule has 46 heavy (non-hydrogen) atoms. The molecule has 1 aliphatic heterocycles. The summed E-state index contributed by atoms with van der Waals surface area (Å²) in [5, 5.41) is 5.23. The Bertz CT molecular complexity index is 2580. The van der Waals surface area contributed by atoms with Crippen LogP contribution in [0.3, 0.4) is 0 Å². The van der Waals surface area contributed by atoms with Crippen LogP contribution in [-0.4, -0.2) is 10.6 Å². The van der Waals surface area contributed by atoms with Crippen LogP contribution < -0.4 is 4.90 Å². The summed E-state index contributed by atoms with van der Waals surface area (Å²) in [6.45, 7) is 2.35. The van der Waals surface area contributed by atoms with Crippen molar-refractivity contribution in [1.82, 2.24) is 4.57 Å². The third kappa shape index (κ3) is 3.52. The zero-order valence-corrected chi connectivity index (χ0v) is 26.2. The van der Waals surface area contributed by atoms with Crippen LogP contribution in [0.5, 0.6) is 0 Å². The zero-order chi connectivity index (χ0) is 30.4. The maximum Gasteiger partial charge on any atom is 0.0658 e. The van der Waals surface area contributed by atoms with E-state index < -0.39 is 0 Å². The first-order valence-electron chi connectivity index (χ1n) is 16.1. The standard InChI is InChI=1S/C43H30N2S/c1-27-13-12-19-32-30-16-4-9-22-37(30)44(42(27)32)35-20-7-2-14-28(35)29-15-3-8-21-36(29)45-38-23-10-5-17-31(38)33-25-26-40-41(43(33)45)34-18-6-11-24-39(34)46-40/h2-27,42H,1H3. The second kappa shape index (κ2) is 9.81. The molecule has 0 saturated carbocycles. The highest BCUT2D eigenvalue weighted by Gasteiger charge is 2.39. The van der Waals surface area contributed by atoms with Crippen LogP contribution in [0.25, 0.3) is 64.4 Å². The molecule has 0 saturated heterocycles. The summed E-state index contributed by atoms with van der Waals surface area (Å²) < 4.78 is 5.18. The first-order valence-corrected chi connectivity index (χ1v) is 16.9. The van der Waals surface area contributed by atoms with Gasteiger partial charge in [0.05, 0.1) is 22.8 Å². The maximum absolute atomic E-state index is 2.60. The molecule has 0 radical (unpaired) electrons. The van der Waals surface area contributed by atoms with E-state index in [1.54, 1.807) is 0 Å². The lowest BCUT2D eigenvalue weighted by Crippen LogP contribution is -2.33. The first-order chi connectivity index (χ1) is 22.8. The number of rotatable bonds is 3. The van der Waals surface area contributed by atoms with Gasteiger partial charge in [0.15, 0.2) is 0 Å². The fourth-order valence-corrected chi connectivity index (χ4v) is 9.23. The van der Waals surface area contributed by atoms with Crippen LogP contribution in [0.15, 0.2) is 152 Å². The number of hydrogen-bond donors (Lipinski definition) is 0. The highest BCUT2D eigenvalue weighted by molar-refractivity contribution is 7.26. The molecule has 2 unspecified atom stereocenters. The van der Waals surface area contributed by atoms with Gasteiger partial charge in [-0.2, -0.15) is 0 Å². The Kier molecular flexibility index (Phi) is 5.52.